The van der Waals surface area contributed by atoms with Crippen molar-refractivity contribution in [2.45, 2.75) is 57.0 Å². The van der Waals surface area contributed by atoms with Crippen LogP contribution in [-0.4, -0.2) is 52.6 Å². The zero-order valence-corrected chi connectivity index (χ0v) is 16.4. The highest BCUT2D eigenvalue weighted by molar-refractivity contribution is 5.86. The molecule has 0 N–H and O–H groups in total. The molecule has 2 bridgehead atoms. The van der Waals surface area contributed by atoms with E-state index in [9.17, 15) is 4.79 Å². The van der Waals surface area contributed by atoms with Crippen molar-refractivity contribution in [3.8, 4) is 0 Å². The second kappa shape index (κ2) is 6.58. The van der Waals surface area contributed by atoms with Crippen LogP contribution in [0.2, 0.25) is 0 Å². The monoisotopic (exact) mass is 379 g/mol. The first-order valence-electron chi connectivity index (χ1n) is 11.1. The summed E-state index contributed by atoms with van der Waals surface area (Å²) in [5.74, 6) is 2.50. The predicted molar refractivity (Wildman–Crippen MR) is 107 cm³/mol. The van der Waals surface area contributed by atoms with Gasteiger partial charge in [0.15, 0.2) is 5.58 Å². The van der Waals surface area contributed by atoms with Gasteiger partial charge in [-0.05, 0) is 62.0 Å². The Morgan fingerprint density at radius 1 is 1.04 bits per heavy atom. The maximum atomic E-state index is 13.1. The molecule has 28 heavy (non-hydrogen) atoms. The van der Waals surface area contributed by atoms with Gasteiger partial charge in [0, 0.05) is 37.1 Å². The van der Waals surface area contributed by atoms with Crippen LogP contribution in [0.1, 0.15) is 44.2 Å². The van der Waals surface area contributed by atoms with Crippen LogP contribution in [0.3, 0.4) is 0 Å². The van der Waals surface area contributed by atoms with Crippen molar-refractivity contribution in [1.29, 1.82) is 0 Å². The molecule has 4 heterocycles. The molecule has 5 nitrogen and oxygen atoms in total. The van der Waals surface area contributed by atoms with Gasteiger partial charge in [0.25, 0.3) is 0 Å². The van der Waals surface area contributed by atoms with Gasteiger partial charge in [-0.2, -0.15) is 0 Å². The largest absolute Gasteiger partial charge is 0.356 e. The Kier molecular flexibility index (Phi) is 4.00. The van der Waals surface area contributed by atoms with Crippen molar-refractivity contribution in [2.24, 2.45) is 17.8 Å². The van der Waals surface area contributed by atoms with Crippen molar-refractivity contribution in [3.63, 3.8) is 0 Å². The topological polar surface area (TPSA) is 49.6 Å². The third-order valence-corrected chi connectivity index (χ3v) is 7.72. The van der Waals surface area contributed by atoms with Gasteiger partial charge in [-0.3, -0.25) is 9.69 Å². The number of carbonyl (C=O) groups is 1. The normalized spacial score (nSPS) is 33.1. The molecular formula is C23H29N3O2. The lowest BCUT2D eigenvalue weighted by atomic mass is 9.74. The summed E-state index contributed by atoms with van der Waals surface area (Å²) in [5, 5.41) is 5.14. The minimum Gasteiger partial charge on any atom is -0.356 e. The number of rotatable bonds is 3. The minimum absolute atomic E-state index is 0.219. The first-order chi connectivity index (χ1) is 13.8. The fraction of sp³-hybridized carbons (Fsp3) is 0.652. The number of carbonyl (C=O) groups excluding carboxylic acids is 1. The molecule has 4 aliphatic rings. The zero-order valence-electron chi connectivity index (χ0n) is 16.4. The van der Waals surface area contributed by atoms with E-state index in [1.54, 1.807) is 0 Å². The molecule has 2 aromatic rings. The highest BCUT2D eigenvalue weighted by Gasteiger charge is 2.48. The van der Waals surface area contributed by atoms with E-state index in [0.29, 0.717) is 24.3 Å². The number of fused-ring (bicyclic) bond motifs is 5. The molecule has 1 amide bonds. The van der Waals surface area contributed by atoms with Crippen LogP contribution in [0.15, 0.2) is 28.8 Å². The van der Waals surface area contributed by atoms with Gasteiger partial charge < -0.3 is 9.42 Å². The summed E-state index contributed by atoms with van der Waals surface area (Å²) in [4.78, 5) is 18.1. The van der Waals surface area contributed by atoms with Crippen LogP contribution in [0.4, 0.5) is 0 Å². The molecule has 148 valence electrons. The summed E-state index contributed by atoms with van der Waals surface area (Å²) in [6.45, 7) is 3.06. The van der Waals surface area contributed by atoms with E-state index in [1.165, 1.54) is 45.1 Å². The van der Waals surface area contributed by atoms with E-state index in [4.69, 9.17) is 4.52 Å². The van der Waals surface area contributed by atoms with E-state index in [1.807, 2.05) is 24.3 Å². The molecule has 0 unspecified atom stereocenters. The third-order valence-electron chi connectivity index (χ3n) is 7.72. The second-order valence-corrected chi connectivity index (χ2v) is 9.56. The van der Waals surface area contributed by atoms with Crippen LogP contribution in [0.5, 0.6) is 0 Å². The Labute approximate surface area is 166 Å². The van der Waals surface area contributed by atoms with Gasteiger partial charge in [0.1, 0.15) is 5.69 Å². The second-order valence-electron chi connectivity index (χ2n) is 9.56. The van der Waals surface area contributed by atoms with Crippen molar-refractivity contribution < 1.29 is 9.32 Å². The molecule has 3 aliphatic heterocycles. The number of amides is 1. The number of benzene rings is 1. The Bertz CT molecular complexity index is 889. The molecule has 1 aliphatic carbocycles. The Hall–Kier alpha value is -1.88. The maximum Gasteiger partial charge on any atom is 0.228 e. The summed E-state index contributed by atoms with van der Waals surface area (Å²) >= 11 is 0. The van der Waals surface area contributed by atoms with E-state index in [-0.39, 0.29) is 5.91 Å². The fourth-order valence-corrected chi connectivity index (χ4v) is 6.36. The number of nitrogens with zero attached hydrogens (tertiary/aromatic N) is 3. The predicted octanol–water partition coefficient (Wildman–Crippen LogP) is 3.48. The zero-order chi connectivity index (χ0) is 18.7. The van der Waals surface area contributed by atoms with Crippen LogP contribution in [-0.2, 0) is 11.2 Å². The Morgan fingerprint density at radius 3 is 2.71 bits per heavy atom. The van der Waals surface area contributed by atoms with E-state index in [2.05, 4.69) is 15.0 Å². The average molecular weight is 380 g/mol. The van der Waals surface area contributed by atoms with E-state index in [0.717, 1.165) is 41.7 Å². The van der Waals surface area contributed by atoms with Crippen molar-refractivity contribution in [2.75, 3.05) is 19.6 Å². The van der Waals surface area contributed by atoms with Gasteiger partial charge in [0.2, 0.25) is 5.91 Å². The minimum atomic E-state index is 0.219. The van der Waals surface area contributed by atoms with Crippen molar-refractivity contribution in [3.05, 3.63) is 30.0 Å². The Morgan fingerprint density at radius 2 is 1.86 bits per heavy atom. The quantitative estimate of drug-likeness (QED) is 0.819. The molecule has 3 saturated heterocycles. The number of piperidine rings is 3. The fourth-order valence-electron chi connectivity index (χ4n) is 6.36. The summed E-state index contributed by atoms with van der Waals surface area (Å²) < 4.78 is 5.40. The SMILES string of the molecule is O=C(Cc1noc2ccccc12)N1C[C@@H]2C[C@H](C1)[C@@H]1CCC[C@H](C3CC3)N1C2. The number of likely N-dealkylation sites (tertiary alicyclic amines) is 1. The number of hydrogen-bond acceptors (Lipinski definition) is 4. The lowest BCUT2D eigenvalue weighted by Crippen LogP contribution is -2.62. The van der Waals surface area contributed by atoms with Gasteiger partial charge in [-0.1, -0.05) is 23.7 Å². The molecule has 4 fully saturated rings. The van der Waals surface area contributed by atoms with Gasteiger partial charge in [-0.25, -0.2) is 0 Å². The first-order valence-corrected chi connectivity index (χ1v) is 11.1. The number of hydrogen-bond donors (Lipinski definition) is 0. The molecule has 1 saturated carbocycles. The highest BCUT2D eigenvalue weighted by Crippen LogP contribution is 2.46. The average Bonchev–Trinajstić information content (AvgIpc) is 3.49. The van der Waals surface area contributed by atoms with Crippen molar-refractivity contribution >= 4 is 16.9 Å². The van der Waals surface area contributed by atoms with E-state index >= 15 is 0 Å². The number of aromatic nitrogens is 1. The molecule has 0 radical (unpaired) electrons. The first kappa shape index (κ1) is 17.0. The van der Waals surface area contributed by atoms with Crippen LogP contribution < -0.4 is 0 Å². The van der Waals surface area contributed by atoms with Crippen molar-refractivity contribution in [1.82, 2.24) is 15.0 Å². The summed E-state index contributed by atoms with van der Waals surface area (Å²) in [6, 6.07) is 9.38. The lowest BCUT2D eigenvalue weighted by molar-refractivity contribution is -0.138. The number of para-hydroxylation sites is 1. The summed E-state index contributed by atoms with van der Waals surface area (Å²) in [6.07, 6.45) is 8.67. The smallest absolute Gasteiger partial charge is 0.228 e. The highest BCUT2D eigenvalue weighted by atomic mass is 16.5. The molecule has 0 spiro atoms. The molecule has 4 atom stereocenters. The third kappa shape index (κ3) is 2.86. The Balaban J connectivity index is 1.18. The van der Waals surface area contributed by atoms with Gasteiger partial charge in [-0.15, -0.1) is 0 Å². The molecule has 1 aromatic carbocycles. The summed E-state index contributed by atoms with van der Waals surface area (Å²) in [5.41, 5.74) is 1.55. The maximum absolute atomic E-state index is 13.1. The van der Waals surface area contributed by atoms with Gasteiger partial charge >= 0.3 is 0 Å². The molecular weight excluding hydrogens is 350 g/mol. The van der Waals surface area contributed by atoms with Crippen LogP contribution in [0, 0.1) is 17.8 Å². The lowest BCUT2D eigenvalue weighted by Gasteiger charge is -2.55. The molecule has 5 heteroatoms. The summed E-state index contributed by atoms with van der Waals surface area (Å²) in [7, 11) is 0. The van der Waals surface area contributed by atoms with E-state index < -0.39 is 0 Å². The molecule has 6 rings (SSSR count). The van der Waals surface area contributed by atoms with Crippen LogP contribution in [0.25, 0.3) is 11.0 Å². The van der Waals surface area contributed by atoms with Crippen LogP contribution >= 0.6 is 0 Å². The van der Waals surface area contributed by atoms with Gasteiger partial charge in [0.05, 0.1) is 6.42 Å². The standard InChI is InChI=1S/C23H29N3O2/c27-23(11-19-18-4-1-2-7-22(18)28-24-19)25-12-15-10-17(14-25)21-6-3-5-20(16-8-9-16)26(21)13-15/h1-2,4,7,15-17,20-21H,3,5-6,8-14H2/t15-,17+,20+,21-/m0/s1. The molecule has 1 aromatic heterocycles.